The number of aromatic nitrogens is 2. The molecule has 1 aromatic rings. The number of imidazole rings is 1. The van der Waals surface area contributed by atoms with Crippen molar-refractivity contribution in [1.29, 1.82) is 0 Å². The fraction of sp³-hybridized carbons (Fsp3) is 0.600. The van der Waals surface area contributed by atoms with Gasteiger partial charge in [0.25, 0.3) is 0 Å². The average molecular weight is 211 g/mol. The minimum atomic E-state index is -0.474. The molecule has 0 saturated heterocycles. The smallest absolute Gasteiger partial charge is 0.360 e. The maximum atomic E-state index is 11.4. The van der Waals surface area contributed by atoms with Crippen molar-refractivity contribution in [3.8, 4) is 0 Å². The highest BCUT2D eigenvalue weighted by Gasteiger charge is 2.22. The first-order valence-corrected chi connectivity index (χ1v) is 4.88. The summed E-state index contributed by atoms with van der Waals surface area (Å²) in [4.78, 5) is 15.4. The van der Waals surface area contributed by atoms with Crippen LogP contribution >= 0.6 is 0 Å². The molecule has 0 aliphatic heterocycles. The van der Waals surface area contributed by atoms with Crippen LogP contribution < -0.4 is 5.73 Å². The molecule has 2 N–H and O–H groups in total. The lowest BCUT2D eigenvalue weighted by Crippen LogP contribution is -2.23. The van der Waals surface area contributed by atoms with Gasteiger partial charge >= 0.3 is 5.97 Å². The van der Waals surface area contributed by atoms with Crippen LogP contribution in [0.4, 0.5) is 5.82 Å². The molecule has 0 spiro atoms. The summed E-state index contributed by atoms with van der Waals surface area (Å²) in [5.74, 6) is -0.126. The highest BCUT2D eigenvalue weighted by Crippen LogP contribution is 2.21. The molecule has 0 bridgehead atoms. The number of hydrogen-bond acceptors (Lipinski definition) is 4. The van der Waals surface area contributed by atoms with Crippen LogP contribution in [0.15, 0.2) is 6.33 Å². The van der Waals surface area contributed by atoms with E-state index in [2.05, 4.69) is 4.98 Å². The zero-order valence-corrected chi connectivity index (χ0v) is 9.57. The second-order valence-electron chi connectivity index (χ2n) is 4.24. The number of hydrogen-bond donors (Lipinski definition) is 1. The summed E-state index contributed by atoms with van der Waals surface area (Å²) >= 11 is 0. The lowest BCUT2D eigenvalue weighted by molar-refractivity contribution is 0.0521. The normalized spacial score (nSPS) is 11.5. The molecular weight excluding hydrogens is 194 g/mol. The second-order valence-corrected chi connectivity index (χ2v) is 4.24. The highest BCUT2D eigenvalue weighted by molar-refractivity contribution is 5.92. The lowest BCUT2D eigenvalue weighted by atomic mass is 10.1. The first kappa shape index (κ1) is 11.6. The van der Waals surface area contributed by atoms with E-state index < -0.39 is 5.97 Å². The largest absolute Gasteiger partial charge is 0.461 e. The Balaban J connectivity index is 3.04. The van der Waals surface area contributed by atoms with Crippen molar-refractivity contribution in [1.82, 2.24) is 9.55 Å². The van der Waals surface area contributed by atoms with Gasteiger partial charge in [0.15, 0.2) is 5.69 Å². The maximum absolute atomic E-state index is 11.4. The van der Waals surface area contributed by atoms with E-state index in [-0.39, 0.29) is 11.2 Å². The van der Waals surface area contributed by atoms with Crippen molar-refractivity contribution in [2.45, 2.75) is 33.2 Å². The van der Waals surface area contributed by atoms with Crippen LogP contribution in [-0.2, 0) is 10.3 Å². The Bertz CT molecular complexity index is 363. The van der Waals surface area contributed by atoms with Gasteiger partial charge in [0, 0.05) is 5.54 Å². The molecule has 1 aromatic heterocycles. The van der Waals surface area contributed by atoms with Crippen molar-refractivity contribution in [2.75, 3.05) is 12.3 Å². The van der Waals surface area contributed by atoms with Crippen molar-refractivity contribution >= 4 is 11.8 Å². The topological polar surface area (TPSA) is 70.1 Å². The van der Waals surface area contributed by atoms with Gasteiger partial charge in [0.1, 0.15) is 5.82 Å². The van der Waals surface area contributed by atoms with E-state index >= 15 is 0 Å². The van der Waals surface area contributed by atoms with Gasteiger partial charge < -0.3 is 15.0 Å². The Labute approximate surface area is 89.2 Å². The van der Waals surface area contributed by atoms with Crippen LogP contribution in [0.2, 0.25) is 0 Å². The van der Waals surface area contributed by atoms with Gasteiger partial charge in [0.05, 0.1) is 12.9 Å². The predicted octanol–water partition coefficient (Wildman–Crippen LogP) is 1.40. The molecule has 1 rings (SSSR count). The molecule has 5 heteroatoms. The molecule has 0 atom stereocenters. The molecule has 0 unspecified atom stereocenters. The van der Waals surface area contributed by atoms with Crippen molar-refractivity contribution in [3.05, 3.63) is 12.0 Å². The minimum absolute atomic E-state index is 0.187. The Morgan fingerprint density at radius 3 is 2.60 bits per heavy atom. The summed E-state index contributed by atoms with van der Waals surface area (Å²) in [5, 5.41) is 0. The molecule has 15 heavy (non-hydrogen) atoms. The molecule has 0 aliphatic carbocycles. The summed E-state index contributed by atoms with van der Waals surface area (Å²) in [6.45, 7) is 8.02. The van der Waals surface area contributed by atoms with Crippen LogP contribution in [0.5, 0.6) is 0 Å². The number of carbonyl (C=O) groups excluding carboxylic acids is 1. The summed E-state index contributed by atoms with van der Waals surface area (Å²) in [6, 6.07) is 0. The molecule has 84 valence electrons. The zero-order chi connectivity index (χ0) is 11.6. The summed E-state index contributed by atoms with van der Waals surface area (Å²) in [6.07, 6.45) is 1.56. The fourth-order valence-corrected chi connectivity index (χ4v) is 1.25. The molecule has 5 nitrogen and oxygen atoms in total. The predicted molar refractivity (Wildman–Crippen MR) is 57.6 cm³/mol. The second kappa shape index (κ2) is 3.92. The van der Waals surface area contributed by atoms with Crippen molar-refractivity contribution in [3.63, 3.8) is 0 Å². The fourth-order valence-electron chi connectivity index (χ4n) is 1.25. The number of nitrogens with two attached hydrogens (primary N) is 1. The number of anilines is 1. The first-order valence-electron chi connectivity index (χ1n) is 4.88. The quantitative estimate of drug-likeness (QED) is 0.750. The van der Waals surface area contributed by atoms with Gasteiger partial charge in [-0.1, -0.05) is 0 Å². The van der Waals surface area contributed by atoms with E-state index in [0.29, 0.717) is 12.4 Å². The number of nitrogen functional groups attached to an aromatic ring is 1. The third kappa shape index (κ3) is 2.29. The Hall–Kier alpha value is -1.52. The van der Waals surface area contributed by atoms with Gasteiger partial charge in [-0.05, 0) is 27.7 Å². The van der Waals surface area contributed by atoms with Crippen molar-refractivity contribution < 1.29 is 9.53 Å². The van der Waals surface area contributed by atoms with Crippen LogP contribution in [0.1, 0.15) is 38.2 Å². The summed E-state index contributed by atoms with van der Waals surface area (Å²) in [5.41, 5.74) is 5.81. The molecule has 0 saturated carbocycles. The van der Waals surface area contributed by atoms with Crippen molar-refractivity contribution in [2.24, 2.45) is 0 Å². The number of esters is 1. The molecule has 1 heterocycles. The van der Waals surface area contributed by atoms with E-state index in [9.17, 15) is 4.79 Å². The third-order valence-corrected chi connectivity index (χ3v) is 2.00. The number of ether oxygens (including phenoxy) is 1. The highest BCUT2D eigenvalue weighted by atomic mass is 16.5. The Morgan fingerprint density at radius 2 is 2.20 bits per heavy atom. The number of rotatable bonds is 2. The Morgan fingerprint density at radius 1 is 1.60 bits per heavy atom. The van der Waals surface area contributed by atoms with Crippen LogP contribution in [0.25, 0.3) is 0 Å². The van der Waals surface area contributed by atoms with E-state index in [1.165, 1.54) is 0 Å². The summed E-state index contributed by atoms with van der Waals surface area (Å²) < 4.78 is 6.59. The van der Waals surface area contributed by atoms with Gasteiger partial charge in [-0.2, -0.15) is 0 Å². The van der Waals surface area contributed by atoms with Gasteiger partial charge in [0.2, 0.25) is 0 Å². The zero-order valence-electron chi connectivity index (χ0n) is 9.57. The van der Waals surface area contributed by atoms with Crippen LogP contribution in [-0.4, -0.2) is 22.1 Å². The Kier molecular flexibility index (Phi) is 3.02. The van der Waals surface area contributed by atoms with E-state index in [1.54, 1.807) is 17.8 Å². The number of nitrogens with zero attached hydrogens (tertiary/aromatic N) is 2. The van der Waals surface area contributed by atoms with Gasteiger partial charge in [-0.3, -0.25) is 0 Å². The van der Waals surface area contributed by atoms with Gasteiger partial charge in [-0.25, -0.2) is 9.78 Å². The molecular formula is C10H17N3O2. The SMILES string of the molecule is CCOC(=O)c1ncn(C(C)(C)C)c1N. The van der Waals surface area contributed by atoms with Crippen LogP contribution in [0.3, 0.4) is 0 Å². The van der Waals surface area contributed by atoms with Gasteiger partial charge in [-0.15, -0.1) is 0 Å². The molecule has 0 radical (unpaired) electrons. The lowest BCUT2D eigenvalue weighted by Gasteiger charge is -2.21. The summed E-state index contributed by atoms with van der Waals surface area (Å²) in [7, 11) is 0. The molecule has 0 aliphatic rings. The molecule has 0 amide bonds. The minimum Gasteiger partial charge on any atom is -0.461 e. The monoisotopic (exact) mass is 211 g/mol. The number of carbonyl (C=O) groups is 1. The maximum Gasteiger partial charge on any atom is 0.360 e. The third-order valence-electron chi connectivity index (χ3n) is 2.00. The van der Waals surface area contributed by atoms with E-state index in [1.807, 2.05) is 20.8 Å². The average Bonchev–Trinajstić information content (AvgIpc) is 2.46. The molecule has 0 fully saturated rings. The standard InChI is InChI=1S/C10H17N3O2/c1-5-15-9(14)7-8(11)13(6-12-7)10(2,3)4/h6H,5,11H2,1-4H3. The van der Waals surface area contributed by atoms with E-state index in [0.717, 1.165) is 0 Å². The van der Waals surface area contributed by atoms with E-state index in [4.69, 9.17) is 10.5 Å². The van der Waals surface area contributed by atoms with Crippen LogP contribution in [0, 0.1) is 0 Å². The first-order chi connectivity index (χ1) is 6.88. The molecule has 0 aromatic carbocycles.